The van der Waals surface area contributed by atoms with Gasteiger partial charge in [0, 0.05) is 16.8 Å². The van der Waals surface area contributed by atoms with Crippen molar-refractivity contribution >= 4 is 23.2 Å². The van der Waals surface area contributed by atoms with Crippen LogP contribution in [0.15, 0.2) is 35.7 Å². The maximum absolute atomic E-state index is 12.5. The lowest BCUT2D eigenvalue weighted by molar-refractivity contribution is -0.129. The lowest BCUT2D eigenvalue weighted by Gasteiger charge is -2.17. The molecule has 1 amide bonds. The van der Waals surface area contributed by atoms with Gasteiger partial charge in [0.15, 0.2) is 6.10 Å². The highest BCUT2D eigenvalue weighted by Crippen LogP contribution is 2.30. The third-order valence-corrected chi connectivity index (χ3v) is 5.97. The van der Waals surface area contributed by atoms with E-state index in [9.17, 15) is 9.59 Å². The number of esters is 1. The molecule has 0 spiro atoms. The molecule has 2 aromatic rings. The number of nitrogens with one attached hydrogen (secondary N) is 1. The van der Waals surface area contributed by atoms with Crippen molar-refractivity contribution in [3.63, 3.8) is 0 Å². The van der Waals surface area contributed by atoms with Gasteiger partial charge in [0.25, 0.3) is 5.91 Å². The van der Waals surface area contributed by atoms with Crippen LogP contribution in [0, 0.1) is 0 Å². The first-order valence-corrected chi connectivity index (χ1v) is 10.1. The SMILES string of the molecule is C[C@H](OC(=O)c1csc2c1CCCC2)C(=O)NC[C@@H](C)c1ccccc1. The lowest BCUT2D eigenvalue weighted by Crippen LogP contribution is -2.37. The van der Waals surface area contributed by atoms with Crippen LogP contribution >= 0.6 is 11.3 Å². The van der Waals surface area contributed by atoms with E-state index in [2.05, 4.69) is 12.2 Å². The molecule has 26 heavy (non-hydrogen) atoms. The fourth-order valence-corrected chi connectivity index (χ4v) is 4.35. The maximum atomic E-state index is 12.5. The molecule has 4 nitrogen and oxygen atoms in total. The average molecular weight is 372 g/mol. The van der Waals surface area contributed by atoms with Crippen molar-refractivity contribution in [1.82, 2.24) is 5.32 Å². The Morgan fingerprint density at radius 1 is 1.15 bits per heavy atom. The summed E-state index contributed by atoms with van der Waals surface area (Å²) in [4.78, 5) is 26.0. The predicted octanol–water partition coefficient (Wildman–Crippen LogP) is 4.09. The topological polar surface area (TPSA) is 55.4 Å². The van der Waals surface area contributed by atoms with E-state index < -0.39 is 6.10 Å². The number of benzene rings is 1. The molecule has 5 heteroatoms. The second-order valence-electron chi connectivity index (χ2n) is 6.86. The Kier molecular flexibility index (Phi) is 6.09. The molecule has 1 aromatic carbocycles. The van der Waals surface area contributed by atoms with Gasteiger partial charge in [0.2, 0.25) is 0 Å². The molecule has 0 aliphatic heterocycles. The number of carbonyl (C=O) groups excluding carboxylic acids is 2. The van der Waals surface area contributed by atoms with Crippen molar-refractivity contribution in [3.8, 4) is 0 Å². The first-order chi connectivity index (χ1) is 12.6. The molecule has 3 rings (SSSR count). The number of fused-ring (bicyclic) bond motifs is 1. The van der Waals surface area contributed by atoms with Gasteiger partial charge in [0.1, 0.15) is 0 Å². The Labute approximate surface area is 158 Å². The highest BCUT2D eigenvalue weighted by atomic mass is 32.1. The normalized spacial score (nSPS) is 15.6. The highest BCUT2D eigenvalue weighted by molar-refractivity contribution is 7.10. The van der Waals surface area contributed by atoms with Crippen LogP contribution in [0.4, 0.5) is 0 Å². The fourth-order valence-electron chi connectivity index (χ4n) is 3.24. The Hall–Kier alpha value is -2.14. The fraction of sp³-hybridized carbons (Fsp3) is 0.429. The van der Waals surface area contributed by atoms with Crippen LogP contribution in [0.25, 0.3) is 0 Å². The Balaban J connectivity index is 1.52. The van der Waals surface area contributed by atoms with Gasteiger partial charge in [0.05, 0.1) is 5.56 Å². The first-order valence-electron chi connectivity index (χ1n) is 9.19. The summed E-state index contributed by atoms with van der Waals surface area (Å²) in [6.07, 6.45) is 3.46. The van der Waals surface area contributed by atoms with E-state index in [1.165, 1.54) is 16.9 Å². The molecule has 1 aromatic heterocycles. The third kappa shape index (κ3) is 4.33. The molecule has 0 bridgehead atoms. The Morgan fingerprint density at radius 2 is 1.88 bits per heavy atom. The van der Waals surface area contributed by atoms with E-state index >= 15 is 0 Å². The van der Waals surface area contributed by atoms with Crippen LogP contribution in [0.5, 0.6) is 0 Å². The number of carbonyl (C=O) groups is 2. The van der Waals surface area contributed by atoms with Gasteiger partial charge >= 0.3 is 5.97 Å². The van der Waals surface area contributed by atoms with Gasteiger partial charge in [-0.05, 0) is 49.7 Å². The molecule has 1 aliphatic carbocycles. The van der Waals surface area contributed by atoms with Crippen molar-refractivity contribution in [2.45, 2.75) is 51.6 Å². The van der Waals surface area contributed by atoms with Gasteiger partial charge in [-0.25, -0.2) is 4.79 Å². The van der Waals surface area contributed by atoms with E-state index in [-0.39, 0.29) is 17.8 Å². The van der Waals surface area contributed by atoms with Crippen LogP contribution in [0.3, 0.4) is 0 Å². The minimum absolute atomic E-state index is 0.201. The lowest BCUT2D eigenvalue weighted by atomic mass is 9.96. The van der Waals surface area contributed by atoms with E-state index in [0.717, 1.165) is 24.8 Å². The van der Waals surface area contributed by atoms with Gasteiger partial charge in [-0.2, -0.15) is 0 Å². The van der Waals surface area contributed by atoms with Crippen LogP contribution in [-0.4, -0.2) is 24.5 Å². The number of rotatable bonds is 6. The second kappa shape index (κ2) is 8.49. The summed E-state index contributed by atoms with van der Waals surface area (Å²) < 4.78 is 5.42. The Morgan fingerprint density at radius 3 is 2.65 bits per heavy atom. The van der Waals surface area contributed by atoms with Gasteiger partial charge in [-0.15, -0.1) is 11.3 Å². The summed E-state index contributed by atoms with van der Waals surface area (Å²) >= 11 is 1.63. The molecule has 0 fully saturated rings. The molecular formula is C21H25NO3S. The van der Waals surface area contributed by atoms with E-state index in [0.29, 0.717) is 12.1 Å². The third-order valence-electron chi connectivity index (χ3n) is 4.89. The number of amides is 1. The number of hydrogen-bond acceptors (Lipinski definition) is 4. The number of aryl methyl sites for hydroxylation is 1. The zero-order chi connectivity index (χ0) is 18.5. The average Bonchev–Trinajstić information content (AvgIpc) is 3.10. The highest BCUT2D eigenvalue weighted by Gasteiger charge is 2.24. The molecule has 2 atom stereocenters. The van der Waals surface area contributed by atoms with Crippen LogP contribution in [0.1, 0.15) is 59.0 Å². The van der Waals surface area contributed by atoms with E-state index in [1.54, 1.807) is 18.3 Å². The molecule has 1 N–H and O–H groups in total. The van der Waals surface area contributed by atoms with Gasteiger partial charge < -0.3 is 10.1 Å². The number of thiophene rings is 1. The van der Waals surface area contributed by atoms with E-state index in [1.807, 2.05) is 35.7 Å². The van der Waals surface area contributed by atoms with Gasteiger partial charge in [-0.1, -0.05) is 37.3 Å². The van der Waals surface area contributed by atoms with Crippen LogP contribution in [0.2, 0.25) is 0 Å². The summed E-state index contributed by atoms with van der Waals surface area (Å²) in [5.41, 5.74) is 2.93. The molecule has 1 heterocycles. The second-order valence-corrected chi connectivity index (χ2v) is 7.83. The van der Waals surface area contributed by atoms with E-state index in [4.69, 9.17) is 4.74 Å². The Bertz CT molecular complexity index is 769. The quantitative estimate of drug-likeness (QED) is 0.778. The zero-order valence-electron chi connectivity index (χ0n) is 15.3. The standard InChI is InChI=1S/C21H25NO3S/c1-14(16-8-4-3-5-9-16)12-22-20(23)15(2)25-21(24)18-13-26-19-11-7-6-10-17(18)19/h3-5,8-9,13-15H,6-7,10-12H2,1-2H3,(H,22,23)/t14-,15+/m1/s1. The summed E-state index contributed by atoms with van der Waals surface area (Å²) in [5, 5.41) is 4.76. The minimum Gasteiger partial charge on any atom is -0.449 e. The molecular weight excluding hydrogens is 346 g/mol. The smallest absolute Gasteiger partial charge is 0.340 e. The minimum atomic E-state index is -0.801. The summed E-state index contributed by atoms with van der Waals surface area (Å²) in [7, 11) is 0. The predicted molar refractivity (Wildman–Crippen MR) is 104 cm³/mol. The summed E-state index contributed by atoms with van der Waals surface area (Å²) in [5.74, 6) is -0.444. The number of hydrogen-bond donors (Lipinski definition) is 1. The summed E-state index contributed by atoms with van der Waals surface area (Å²) in [6, 6.07) is 10.0. The number of ether oxygens (including phenoxy) is 1. The summed E-state index contributed by atoms with van der Waals surface area (Å²) in [6.45, 7) is 4.20. The molecule has 138 valence electrons. The van der Waals surface area contributed by atoms with Crippen molar-refractivity contribution in [2.24, 2.45) is 0 Å². The maximum Gasteiger partial charge on any atom is 0.340 e. The van der Waals surface area contributed by atoms with Crippen LogP contribution < -0.4 is 5.32 Å². The van der Waals surface area contributed by atoms with Crippen molar-refractivity contribution in [3.05, 3.63) is 57.3 Å². The van der Waals surface area contributed by atoms with Crippen molar-refractivity contribution in [2.75, 3.05) is 6.54 Å². The largest absolute Gasteiger partial charge is 0.449 e. The first kappa shape index (κ1) is 18.6. The zero-order valence-corrected chi connectivity index (χ0v) is 16.1. The van der Waals surface area contributed by atoms with Crippen molar-refractivity contribution < 1.29 is 14.3 Å². The van der Waals surface area contributed by atoms with Crippen LogP contribution in [-0.2, 0) is 22.4 Å². The molecule has 0 saturated carbocycles. The molecule has 0 radical (unpaired) electrons. The molecule has 1 aliphatic rings. The molecule has 0 unspecified atom stereocenters. The molecule has 0 saturated heterocycles. The monoisotopic (exact) mass is 371 g/mol. The van der Waals surface area contributed by atoms with Gasteiger partial charge in [-0.3, -0.25) is 4.79 Å². The van der Waals surface area contributed by atoms with Crippen molar-refractivity contribution in [1.29, 1.82) is 0 Å².